The Morgan fingerprint density at radius 2 is 2.18 bits per heavy atom. The highest BCUT2D eigenvalue weighted by atomic mass is 32.2. The molecule has 0 saturated heterocycles. The predicted molar refractivity (Wildman–Crippen MR) is 131 cm³/mol. The number of nitrogens with zero attached hydrogens (tertiary/aromatic N) is 3. The van der Waals surface area contributed by atoms with E-state index >= 15 is 4.39 Å². The predicted octanol–water partition coefficient (Wildman–Crippen LogP) is 4.10. The van der Waals surface area contributed by atoms with Gasteiger partial charge in [-0.2, -0.15) is 4.37 Å². The number of hydrogen-bond acceptors (Lipinski definition) is 7. The number of allylic oxidation sites excluding steroid dienone is 1. The van der Waals surface area contributed by atoms with Crippen LogP contribution in [0, 0.1) is 5.82 Å². The van der Waals surface area contributed by atoms with E-state index in [1.54, 1.807) is 0 Å². The van der Waals surface area contributed by atoms with E-state index in [0.29, 0.717) is 10.6 Å². The fraction of sp³-hybridized carbons (Fsp3) is 0.261. The number of hydrogen-bond donors (Lipinski definition) is 2. The Balaban J connectivity index is 1.54. The molecule has 176 valence electrons. The van der Waals surface area contributed by atoms with Crippen molar-refractivity contribution < 1.29 is 13.0 Å². The van der Waals surface area contributed by atoms with Gasteiger partial charge in [-0.25, -0.2) is 18.4 Å². The van der Waals surface area contributed by atoms with Gasteiger partial charge in [0.15, 0.2) is 16.6 Å². The maximum Gasteiger partial charge on any atom is 0.420 e. The van der Waals surface area contributed by atoms with Crippen LogP contribution in [0.25, 0.3) is 16.7 Å². The Labute approximate surface area is 201 Å². The van der Waals surface area contributed by atoms with Gasteiger partial charge < -0.3 is 9.73 Å². The number of halogens is 1. The maximum absolute atomic E-state index is 15.0. The van der Waals surface area contributed by atoms with E-state index in [2.05, 4.69) is 31.5 Å². The molecule has 0 saturated carbocycles. The number of nitrogens with one attached hydrogen (secondary N) is 2. The lowest BCUT2D eigenvalue weighted by atomic mass is 9.92. The van der Waals surface area contributed by atoms with Crippen molar-refractivity contribution in [3.8, 4) is 0 Å². The molecule has 5 rings (SSSR count). The average molecular weight is 500 g/mol. The first kappa shape index (κ1) is 22.6. The molecule has 0 spiro atoms. The molecule has 1 aliphatic heterocycles. The van der Waals surface area contributed by atoms with E-state index in [4.69, 9.17) is 4.42 Å². The first-order chi connectivity index (χ1) is 16.5. The second-order valence-corrected chi connectivity index (χ2v) is 9.87. The molecule has 3 heterocycles. The molecule has 2 aromatic carbocycles. The van der Waals surface area contributed by atoms with Crippen LogP contribution in [0.3, 0.4) is 0 Å². The van der Waals surface area contributed by atoms with Crippen LogP contribution in [-0.4, -0.2) is 31.2 Å². The third-order valence-corrected chi connectivity index (χ3v) is 7.64. The van der Waals surface area contributed by atoms with Gasteiger partial charge in [-0.05, 0) is 43.0 Å². The molecule has 0 radical (unpaired) electrons. The molecule has 2 N–H and O–H groups in total. The minimum Gasteiger partial charge on any atom is -0.408 e. The smallest absolute Gasteiger partial charge is 0.408 e. The van der Waals surface area contributed by atoms with Crippen LogP contribution in [0.15, 0.2) is 62.9 Å². The Hall–Kier alpha value is -3.15. The lowest BCUT2D eigenvalue weighted by Crippen LogP contribution is -2.20. The normalized spacial score (nSPS) is 16.1. The van der Waals surface area contributed by atoms with Gasteiger partial charge in [0.1, 0.15) is 12.1 Å². The lowest BCUT2D eigenvalue weighted by molar-refractivity contribution is 0.489. The van der Waals surface area contributed by atoms with Crippen molar-refractivity contribution in [2.45, 2.75) is 30.7 Å². The van der Waals surface area contributed by atoms with Gasteiger partial charge in [0.05, 0.1) is 16.5 Å². The zero-order chi connectivity index (χ0) is 23.7. The number of oxazole rings is 1. The molecule has 8 nitrogen and oxygen atoms in total. The molecular weight excluding hydrogens is 477 g/mol. The van der Waals surface area contributed by atoms with E-state index in [1.165, 1.54) is 28.6 Å². The highest BCUT2D eigenvalue weighted by Crippen LogP contribution is 2.32. The molecular formula is C23H22FN5O3S2. The van der Waals surface area contributed by atoms with Crippen LogP contribution in [0.4, 0.5) is 9.52 Å². The van der Waals surface area contributed by atoms with Crippen molar-refractivity contribution in [1.29, 1.82) is 0 Å². The van der Waals surface area contributed by atoms with E-state index in [9.17, 15) is 9.00 Å². The summed E-state index contributed by atoms with van der Waals surface area (Å²) >= 11 is 1.00. The van der Waals surface area contributed by atoms with Crippen LogP contribution in [0.2, 0.25) is 0 Å². The number of fused-ring (bicyclic) bond motifs is 1. The summed E-state index contributed by atoms with van der Waals surface area (Å²) in [4.78, 5) is 16.7. The van der Waals surface area contributed by atoms with Crippen molar-refractivity contribution in [3.63, 3.8) is 0 Å². The molecule has 0 aliphatic carbocycles. The molecule has 2 aromatic heterocycles. The molecule has 1 unspecified atom stereocenters. The van der Waals surface area contributed by atoms with Gasteiger partial charge in [-0.15, -0.1) is 0 Å². The SMILES string of the molecule is C[C@H](c1ccccc1C1=CCNCCC1)n1c(=O)oc2cc(S(=O)Nc3ncns3)c(F)cc21. The van der Waals surface area contributed by atoms with Crippen molar-refractivity contribution >= 4 is 44.3 Å². The summed E-state index contributed by atoms with van der Waals surface area (Å²) in [6, 6.07) is 10.0. The largest absolute Gasteiger partial charge is 0.420 e. The molecule has 0 amide bonds. The van der Waals surface area contributed by atoms with E-state index in [1.807, 2.05) is 25.1 Å². The third-order valence-electron chi connectivity index (χ3n) is 5.84. The third kappa shape index (κ3) is 4.33. The summed E-state index contributed by atoms with van der Waals surface area (Å²) in [6.07, 6.45) is 5.45. The number of aromatic nitrogens is 3. The first-order valence-electron chi connectivity index (χ1n) is 10.8. The van der Waals surface area contributed by atoms with Gasteiger partial charge in [0.25, 0.3) is 0 Å². The van der Waals surface area contributed by atoms with Gasteiger partial charge in [-0.1, -0.05) is 30.3 Å². The fourth-order valence-electron chi connectivity index (χ4n) is 4.24. The number of rotatable bonds is 6. The standard InChI is InChI=1S/C23H22FN5O3S2/c1-14(16-6-2-3-7-17(16)15-5-4-9-25-10-8-15)29-19-11-18(24)21(12-20(19)32-23(29)30)34(31)28-22-26-13-27-33-22/h2-3,6-8,11-14,25H,4-5,9-10H2,1H3,(H,26,27,28)/t14-,34?/m1/s1. The van der Waals surface area contributed by atoms with Crippen molar-refractivity contribution in [2.75, 3.05) is 17.8 Å². The summed E-state index contributed by atoms with van der Waals surface area (Å²) in [6.45, 7) is 3.65. The van der Waals surface area contributed by atoms with Gasteiger partial charge >= 0.3 is 5.76 Å². The Bertz CT molecular complexity index is 1440. The topological polar surface area (TPSA) is 102 Å². The molecule has 4 aromatic rings. The Morgan fingerprint density at radius 3 is 3.00 bits per heavy atom. The van der Waals surface area contributed by atoms with Crippen molar-refractivity contribution in [1.82, 2.24) is 19.2 Å². The Kier molecular flexibility index (Phi) is 6.40. The zero-order valence-corrected chi connectivity index (χ0v) is 19.9. The summed E-state index contributed by atoms with van der Waals surface area (Å²) in [5.74, 6) is -1.32. The molecule has 2 atom stereocenters. The van der Waals surface area contributed by atoms with Crippen LogP contribution in [0.1, 0.15) is 36.9 Å². The summed E-state index contributed by atoms with van der Waals surface area (Å²) in [5.41, 5.74) is 3.71. The molecule has 34 heavy (non-hydrogen) atoms. The van der Waals surface area contributed by atoms with Gasteiger partial charge in [0.2, 0.25) is 5.13 Å². The van der Waals surface area contributed by atoms with Crippen LogP contribution in [-0.2, 0) is 11.0 Å². The lowest BCUT2D eigenvalue weighted by Gasteiger charge is -2.19. The van der Waals surface area contributed by atoms with Crippen molar-refractivity contribution in [3.05, 3.63) is 76.3 Å². The highest BCUT2D eigenvalue weighted by molar-refractivity contribution is 7.86. The van der Waals surface area contributed by atoms with Crippen molar-refractivity contribution in [2.24, 2.45) is 0 Å². The van der Waals surface area contributed by atoms with E-state index < -0.39 is 28.6 Å². The molecule has 1 aliphatic rings. The monoisotopic (exact) mass is 499 g/mol. The highest BCUT2D eigenvalue weighted by Gasteiger charge is 2.23. The van der Waals surface area contributed by atoms with E-state index in [-0.39, 0.29) is 10.5 Å². The van der Waals surface area contributed by atoms with Crippen LogP contribution in [0.5, 0.6) is 0 Å². The Morgan fingerprint density at radius 1 is 1.32 bits per heavy atom. The molecule has 11 heteroatoms. The van der Waals surface area contributed by atoms with Gasteiger partial charge in [0, 0.05) is 30.2 Å². The second kappa shape index (κ2) is 9.61. The second-order valence-electron chi connectivity index (χ2n) is 7.91. The van der Waals surface area contributed by atoms with E-state index in [0.717, 1.165) is 48.6 Å². The average Bonchev–Trinajstić information content (AvgIpc) is 3.35. The molecule has 0 bridgehead atoms. The zero-order valence-electron chi connectivity index (χ0n) is 18.3. The summed E-state index contributed by atoms with van der Waals surface area (Å²) < 4.78 is 41.0. The number of benzene rings is 2. The minimum atomic E-state index is -1.93. The van der Waals surface area contributed by atoms with Crippen LogP contribution < -0.4 is 15.8 Å². The number of anilines is 1. The molecule has 0 fully saturated rings. The fourth-order valence-corrected chi connectivity index (χ4v) is 5.67. The van der Waals surface area contributed by atoms with Crippen LogP contribution >= 0.6 is 11.5 Å². The quantitative estimate of drug-likeness (QED) is 0.414. The van der Waals surface area contributed by atoms with Gasteiger partial charge in [-0.3, -0.25) is 9.29 Å². The maximum atomic E-state index is 15.0. The first-order valence-corrected chi connectivity index (χ1v) is 12.7. The summed E-state index contributed by atoms with van der Waals surface area (Å²) in [7, 11) is -1.93. The summed E-state index contributed by atoms with van der Waals surface area (Å²) in [5, 5.41) is 3.66. The minimum absolute atomic E-state index is 0.132.